The Hall–Kier alpha value is -0.686. The van der Waals surface area contributed by atoms with Crippen LogP contribution in [-0.4, -0.2) is 26.4 Å². The summed E-state index contributed by atoms with van der Waals surface area (Å²) in [6.07, 6.45) is 3.82. The van der Waals surface area contributed by atoms with Crippen LogP contribution in [0.1, 0.15) is 41.5 Å². The van der Waals surface area contributed by atoms with Crippen molar-refractivity contribution >= 4 is 22.4 Å². The molecule has 0 radical (unpaired) electrons. The van der Waals surface area contributed by atoms with Gasteiger partial charge in [0.25, 0.3) is 0 Å². The summed E-state index contributed by atoms with van der Waals surface area (Å²) in [6.45, 7) is 14.3. The van der Waals surface area contributed by atoms with Crippen LogP contribution in [0, 0.1) is 0 Å². The molecule has 0 amide bonds. The van der Waals surface area contributed by atoms with Gasteiger partial charge in [0.15, 0.2) is 0 Å². The third-order valence-corrected chi connectivity index (χ3v) is 18.7. The van der Waals surface area contributed by atoms with Gasteiger partial charge in [0.05, 0.1) is 0 Å². The number of hydrogen-bond acceptors (Lipinski definition) is 3. The van der Waals surface area contributed by atoms with E-state index in [1.807, 2.05) is 18.5 Å². The van der Waals surface area contributed by atoms with Crippen LogP contribution in [0.2, 0.25) is 36.3 Å². The molecule has 0 atom stereocenters. The van der Waals surface area contributed by atoms with E-state index in [0.29, 0.717) is 0 Å². The Bertz CT molecular complexity index is 367. The van der Waals surface area contributed by atoms with E-state index in [4.69, 9.17) is 0 Å². The van der Waals surface area contributed by atoms with Crippen molar-refractivity contribution in [2.45, 2.75) is 77.8 Å². The summed E-state index contributed by atoms with van der Waals surface area (Å²) in [4.78, 5) is 9.37. The molecule has 0 aliphatic heterocycles. The second-order valence-corrected chi connectivity index (χ2v) is 16.4. The van der Waals surface area contributed by atoms with Gasteiger partial charge >= 0.3 is 0 Å². The van der Waals surface area contributed by atoms with E-state index in [1.165, 1.54) is 36.3 Å². The average Bonchev–Trinajstić information content (AvgIpc) is 2.57. The zero-order valence-corrected chi connectivity index (χ0v) is 16.8. The van der Waals surface area contributed by atoms with Crippen LogP contribution in [-0.2, 0) is 0 Å². The van der Waals surface area contributed by atoms with Crippen molar-refractivity contribution in [1.29, 1.82) is 0 Å². The van der Waals surface area contributed by atoms with E-state index in [2.05, 4.69) is 55.7 Å². The Morgan fingerprint density at radius 3 is 1.33 bits per heavy atom. The second kappa shape index (κ2) is 8.08. The Balaban J connectivity index is 3.49. The number of hydrogen-bond donors (Lipinski definition) is 0. The van der Waals surface area contributed by atoms with Crippen LogP contribution in [0.4, 0.5) is 5.95 Å². The molecular formula is C16H33N3Si2. The zero-order chi connectivity index (χ0) is 15.9. The summed E-state index contributed by atoms with van der Waals surface area (Å²) < 4.78 is 2.85. The lowest BCUT2D eigenvalue weighted by Gasteiger charge is -2.52. The molecule has 0 saturated carbocycles. The average molecular weight is 324 g/mol. The Labute approximate surface area is 133 Å². The standard InChI is InChI=1S/C16H33N3Si2/c1-7-20(8-2,9-3)19(16-17-14-13-15-18-16)21(10-4,11-5)12-6/h13-15H,7-12H2,1-6H3. The molecular weight excluding hydrogens is 290 g/mol. The van der Waals surface area contributed by atoms with Crippen LogP contribution >= 0.6 is 0 Å². The molecule has 1 aromatic heterocycles. The maximum absolute atomic E-state index is 4.68. The Morgan fingerprint density at radius 1 is 0.714 bits per heavy atom. The van der Waals surface area contributed by atoms with E-state index in [0.717, 1.165) is 5.95 Å². The monoisotopic (exact) mass is 323 g/mol. The van der Waals surface area contributed by atoms with Crippen molar-refractivity contribution in [3.05, 3.63) is 18.5 Å². The second-order valence-electron chi connectivity index (χ2n) is 5.95. The van der Waals surface area contributed by atoms with E-state index in [1.54, 1.807) is 0 Å². The highest BCUT2D eigenvalue weighted by Gasteiger charge is 2.47. The molecule has 5 heteroatoms. The minimum atomic E-state index is -1.52. The number of anilines is 1. The van der Waals surface area contributed by atoms with E-state index in [9.17, 15) is 0 Å². The van der Waals surface area contributed by atoms with Gasteiger partial charge in [-0.3, -0.25) is 0 Å². The molecule has 21 heavy (non-hydrogen) atoms. The number of rotatable bonds is 9. The molecule has 0 saturated heterocycles. The highest BCUT2D eigenvalue weighted by atomic mass is 28.4. The molecule has 1 rings (SSSR count). The Kier molecular flexibility index (Phi) is 7.07. The highest BCUT2D eigenvalue weighted by Crippen LogP contribution is 2.38. The first-order chi connectivity index (χ1) is 10.1. The first-order valence-electron chi connectivity index (χ1n) is 8.67. The van der Waals surface area contributed by atoms with Gasteiger partial charge in [0, 0.05) is 12.4 Å². The summed E-state index contributed by atoms with van der Waals surface area (Å²) in [5, 5.41) is 0. The third-order valence-electron chi connectivity index (χ3n) is 5.65. The first kappa shape index (κ1) is 18.4. The van der Waals surface area contributed by atoms with Crippen LogP contribution in [0.25, 0.3) is 0 Å². The fraction of sp³-hybridized carbons (Fsp3) is 0.750. The summed E-state index contributed by atoms with van der Waals surface area (Å²) in [6, 6.07) is 9.72. The SMILES string of the molecule is CC[Si](CC)(CC)N(c1ncccn1)[Si](CC)(CC)CC. The fourth-order valence-corrected chi connectivity index (χ4v) is 16.6. The highest BCUT2D eigenvalue weighted by molar-refractivity contribution is 7.02. The first-order valence-corrected chi connectivity index (χ1v) is 13.8. The molecule has 0 bridgehead atoms. The lowest BCUT2D eigenvalue weighted by molar-refractivity contribution is 1.01. The topological polar surface area (TPSA) is 29.0 Å². The van der Waals surface area contributed by atoms with Crippen molar-refractivity contribution in [2.75, 3.05) is 4.23 Å². The maximum atomic E-state index is 4.68. The van der Waals surface area contributed by atoms with Crippen LogP contribution < -0.4 is 4.23 Å². The smallest absolute Gasteiger partial charge is 0.208 e. The van der Waals surface area contributed by atoms with Crippen LogP contribution in [0.3, 0.4) is 0 Å². The van der Waals surface area contributed by atoms with E-state index in [-0.39, 0.29) is 0 Å². The summed E-state index contributed by atoms with van der Waals surface area (Å²) in [7, 11) is -3.03. The van der Waals surface area contributed by atoms with E-state index < -0.39 is 16.5 Å². The number of aromatic nitrogens is 2. The maximum Gasteiger partial charge on any atom is 0.208 e. The minimum Gasteiger partial charge on any atom is -0.393 e. The van der Waals surface area contributed by atoms with Crippen molar-refractivity contribution in [3.63, 3.8) is 0 Å². The number of nitrogens with zero attached hydrogens (tertiary/aromatic N) is 3. The van der Waals surface area contributed by atoms with Gasteiger partial charge in [-0.1, -0.05) is 41.5 Å². The Morgan fingerprint density at radius 2 is 1.05 bits per heavy atom. The predicted octanol–water partition coefficient (Wildman–Crippen LogP) is 5.29. The third kappa shape index (κ3) is 3.39. The van der Waals surface area contributed by atoms with Gasteiger partial charge in [-0.2, -0.15) is 0 Å². The lowest BCUT2D eigenvalue weighted by atomic mass is 10.7. The molecule has 120 valence electrons. The predicted molar refractivity (Wildman–Crippen MR) is 98.9 cm³/mol. The molecule has 0 fully saturated rings. The van der Waals surface area contributed by atoms with Gasteiger partial charge in [0.1, 0.15) is 16.5 Å². The van der Waals surface area contributed by atoms with Crippen molar-refractivity contribution in [3.8, 4) is 0 Å². The van der Waals surface area contributed by atoms with Crippen LogP contribution in [0.15, 0.2) is 18.5 Å². The van der Waals surface area contributed by atoms with Gasteiger partial charge in [-0.25, -0.2) is 9.97 Å². The van der Waals surface area contributed by atoms with Gasteiger partial charge < -0.3 is 4.23 Å². The van der Waals surface area contributed by atoms with Gasteiger partial charge in [-0.15, -0.1) is 0 Å². The molecule has 0 aliphatic rings. The molecule has 0 aliphatic carbocycles. The summed E-state index contributed by atoms with van der Waals surface area (Å²) in [5.74, 6) is 1.02. The molecule has 0 unspecified atom stereocenters. The molecule has 1 heterocycles. The van der Waals surface area contributed by atoms with Crippen LogP contribution in [0.5, 0.6) is 0 Å². The zero-order valence-electron chi connectivity index (χ0n) is 14.8. The fourth-order valence-electron chi connectivity index (χ4n) is 3.78. The normalized spacial score (nSPS) is 12.5. The van der Waals surface area contributed by atoms with Crippen molar-refractivity contribution in [1.82, 2.24) is 9.97 Å². The molecule has 0 aromatic carbocycles. The van der Waals surface area contributed by atoms with Gasteiger partial charge in [0.2, 0.25) is 5.95 Å². The van der Waals surface area contributed by atoms with Crippen molar-refractivity contribution in [2.24, 2.45) is 0 Å². The minimum absolute atomic E-state index is 1.02. The molecule has 1 aromatic rings. The molecule has 0 spiro atoms. The largest absolute Gasteiger partial charge is 0.393 e. The summed E-state index contributed by atoms with van der Waals surface area (Å²) >= 11 is 0. The lowest BCUT2D eigenvalue weighted by Crippen LogP contribution is -2.67. The van der Waals surface area contributed by atoms with E-state index >= 15 is 0 Å². The molecule has 3 nitrogen and oxygen atoms in total. The van der Waals surface area contributed by atoms with Gasteiger partial charge in [-0.05, 0) is 42.3 Å². The summed E-state index contributed by atoms with van der Waals surface area (Å²) in [5.41, 5.74) is 0. The quantitative estimate of drug-likeness (QED) is 0.578. The molecule has 0 N–H and O–H groups in total. The van der Waals surface area contributed by atoms with Crippen molar-refractivity contribution < 1.29 is 0 Å².